The summed E-state index contributed by atoms with van der Waals surface area (Å²) >= 11 is 7.38. The Kier molecular flexibility index (Phi) is 4.72. The van der Waals surface area contributed by atoms with E-state index in [0.29, 0.717) is 5.02 Å². The predicted octanol–water partition coefficient (Wildman–Crippen LogP) is 3.17. The highest BCUT2D eigenvalue weighted by molar-refractivity contribution is 7.12. The van der Waals surface area contributed by atoms with Crippen LogP contribution in [-0.2, 0) is 7.05 Å². The molecule has 1 unspecified atom stereocenters. The van der Waals surface area contributed by atoms with E-state index in [-0.39, 0.29) is 6.04 Å². The van der Waals surface area contributed by atoms with Crippen LogP contribution >= 0.6 is 22.9 Å². The molecule has 6 heteroatoms. The molecule has 1 aromatic heterocycles. The molecule has 0 radical (unpaired) electrons. The molecule has 4 nitrogen and oxygen atoms in total. The zero-order valence-corrected chi connectivity index (χ0v) is 12.7. The van der Waals surface area contributed by atoms with E-state index >= 15 is 0 Å². The fourth-order valence-corrected chi connectivity index (χ4v) is 2.68. The maximum absolute atomic E-state index is 8.51. The molecule has 0 spiro atoms. The average molecular weight is 305 g/mol. The Bertz CT molecular complexity index is 719. The summed E-state index contributed by atoms with van der Waals surface area (Å²) in [6.45, 7) is 1.93. The summed E-state index contributed by atoms with van der Waals surface area (Å²) in [5.41, 5.74) is 1.01. The lowest BCUT2D eigenvalue weighted by Crippen LogP contribution is -2.14. The predicted molar refractivity (Wildman–Crippen MR) is 81.3 cm³/mol. The van der Waals surface area contributed by atoms with Gasteiger partial charge in [-0.25, -0.2) is 4.68 Å². The van der Waals surface area contributed by atoms with E-state index in [9.17, 15) is 0 Å². The Morgan fingerprint density at radius 3 is 2.80 bits per heavy atom. The summed E-state index contributed by atoms with van der Waals surface area (Å²) in [4.78, 5) is 5.33. The summed E-state index contributed by atoms with van der Waals surface area (Å²) in [6, 6.07) is 9.46. The Hall–Kier alpha value is -1.90. The molecule has 102 valence electrons. The second-order valence-corrected chi connectivity index (χ2v) is 5.57. The van der Waals surface area contributed by atoms with Crippen molar-refractivity contribution in [2.75, 3.05) is 0 Å². The first-order valence-corrected chi connectivity index (χ1v) is 7.20. The molecule has 2 rings (SSSR count). The Labute approximate surface area is 126 Å². The summed E-state index contributed by atoms with van der Waals surface area (Å²) in [5, 5.41) is 14.6. The zero-order valence-electron chi connectivity index (χ0n) is 11.1. The van der Waals surface area contributed by atoms with E-state index in [4.69, 9.17) is 16.9 Å². The molecular weight excluding hydrogens is 292 g/mol. The van der Waals surface area contributed by atoms with Crippen LogP contribution in [0.2, 0.25) is 5.02 Å². The first kappa shape index (κ1) is 14.5. The van der Waals surface area contributed by atoms with Crippen LogP contribution in [0, 0.1) is 11.3 Å². The minimum Gasteiger partial charge on any atom is -0.250 e. The molecule has 0 saturated heterocycles. The van der Waals surface area contributed by atoms with Gasteiger partial charge in [0, 0.05) is 23.7 Å². The van der Waals surface area contributed by atoms with Crippen molar-refractivity contribution < 1.29 is 0 Å². The number of nitriles is 1. The largest absolute Gasteiger partial charge is 0.250 e. The summed E-state index contributed by atoms with van der Waals surface area (Å²) in [7, 11) is 1.86. The second-order valence-electron chi connectivity index (χ2n) is 4.18. The lowest BCUT2D eigenvalue weighted by Gasteiger charge is -1.94. The molecular formula is C14H13ClN4S. The van der Waals surface area contributed by atoms with Crippen LogP contribution in [0.5, 0.6) is 0 Å². The number of rotatable bonds is 3. The molecule has 1 aromatic carbocycles. The fraction of sp³-hybridized carbons (Fsp3) is 0.214. The number of benzene rings is 1. The van der Waals surface area contributed by atoms with Gasteiger partial charge in [-0.3, -0.25) is 4.99 Å². The Morgan fingerprint density at radius 2 is 2.15 bits per heavy atom. The molecule has 1 atom stereocenters. The van der Waals surface area contributed by atoms with E-state index in [0.717, 1.165) is 15.4 Å². The van der Waals surface area contributed by atoms with Gasteiger partial charge < -0.3 is 0 Å². The fourth-order valence-electron chi connectivity index (χ4n) is 1.57. The maximum atomic E-state index is 8.51. The summed E-state index contributed by atoms with van der Waals surface area (Å²) < 4.78 is 1.74. The third-order valence-corrected chi connectivity index (χ3v) is 3.88. The van der Waals surface area contributed by atoms with Gasteiger partial charge in [-0.1, -0.05) is 35.1 Å². The van der Waals surface area contributed by atoms with Crippen molar-refractivity contribution in [1.82, 2.24) is 9.78 Å². The monoisotopic (exact) mass is 304 g/mol. The van der Waals surface area contributed by atoms with Gasteiger partial charge in [0.1, 0.15) is 5.01 Å². The highest BCUT2D eigenvalue weighted by atomic mass is 35.5. The van der Waals surface area contributed by atoms with Crippen LogP contribution in [0.3, 0.4) is 0 Å². The van der Waals surface area contributed by atoms with Crippen LogP contribution in [0.1, 0.15) is 6.92 Å². The molecule has 0 aliphatic heterocycles. The smallest absolute Gasteiger partial charge is 0.203 e. The number of halogens is 1. The topological polar surface area (TPSA) is 54.0 Å². The van der Waals surface area contributed by atoms with Gasteiger partial charge in [0.15, 0.2) is 0 Å². The summed E-state index contributed by atoms with van der Waals surface area (Å²) in [5.74, 6) is 0. The van der Waals surface area contributed by atoms with Crippen molar-refractivity contribution in [3.63, 3.8) is 0 Å². The molecule has 20 heavy (non-hydrogen) atoms. The third kappa shape index (κ3) is 3.56. The number of nitrogens with zero attached hydrogens (tertiary/aromatic N) is 4. The molecule has 0 saturated carbocycles. The highest BCUT2D eigenvalue weighted by Crippen LogP contribution is 2.21. The minimum absolute atomic E-state index is 0.0561. The normalized spacial score (nSPS) is 13.6. The van der Waals surface area contributed by atoms with Crippen molar-refractivity contribution in [3.8, 4) is 16.6 Å². The molecule has 0 bridgehead atoms. The van der Waals surface area contributed by atoms with E-state index in [1.807, 2.05) is 44.3 Å². The van der Waals surface area contributed by atoms with Gasteiger partial charge in [0.05, 0.1) is 12.1 Å². The van der Waals surface area contributed by atoms with Crippen LogP contribution in [0.25, 0.3) is 10.6 Å². The molecule has 0 amide bonds. The molecule has 0 fully saturated rings. The van der Waals surface area contributed by atoms with E-state index in [2.05, 4.69) is 10.1 Å². The van der Waals surface area contributed by atoms with Gasteiger partial charge >= 0.3 is 0 Å². The molecule has 2 aromatic rings. The molecule has 0 aliphatic carbocycles. The standard InChI is InChI=1S/C14H13ClN4S/c1-10(4-3-9-16)17-14-19(2)18-13(20-14)11-5-7-12(15)8-6-11/h3-8,10H,1-2H3/b4-3+,17-14?. The molecule has 0 N–H and O–H groups in total. The minimum atomic E-state index is -0.0561. The number of hydrogen-bond donors (Lipinski definition) is 0. The Balaban J connectivity index is 2.35. The zero-order chi connectivity index (χ0) is 14.5. The van der Waals surface area contributed by atoms with Gasteiger partial charge in [-0.15, -0.1) is 0 Å². The number of hydrogen-bond acceptors (Lipinski definition) is 4. The van der Waals surface area contributed by atoms with E-state index < -0.39 is 0 Å². The summed E-state index contributed by atoms with van der Waals surface area (Å²) in [6.07, 6.45) is 3.19. The quantitative estimate of drug-likeness (QED) is 0.818. The van der Waals surface area contributed by atoms with Gasteiger partial charge in [-0.2, -0.15) is 10.4 Å². The van der Waals surface area contributed by atoms with E-state index in [1.54, 1.807) is 10.8 Å². The van der Waals surface area contributed by atoms with Gasteiger partial charge in [0.25, 0.3) is 0 Å². The lowest BCUT2D eigenvalue weighted by atomic mass is 10.2. The molecule has 0 aliphatic rings. The third-order valence-electron chi connectivity index (χ3n) is 2.56. The van der Waals surface area contributed by atoms with Crippen molar-refractivity contribution >= 4 is 22.9 Å². The van der Waals surface area contributed by atoms with Gasteiger partial charge in [-0.05, 0) is 25.1 Å². The first-order chi connectivity index (χ1) is 9.60. The van der Waals surface area contributed by atoms with E-state index in [1.165, 1.54) is 17.4 Å². The van der Waals surface area contributed by atoms with Crippen LogP contribution in [-0.4, -0.2) is 15.8 Å². The van der Waals surface area contributed by atoms with Crippen molar-refractivity contribution in [2.24, 2.45) is 12.0 Å². The van der Waals surface area contributed by atoms with Crippen molar-refractivity contribution in [1.29, 1.82) is 5.26 Å². The van der Waals surface area contributed by atoms with Crippen LogP contribution in [0.15, 0.2) is 41.4 Å². The first-order valence-electron chi connectivity index (χ1n) is 6.00. The number of allylic oxidation sites excluding steroid dienone is 1. The Morgan fingerprint density at radius 1 is 1.45 bits per heavy atom. The highest BCUT2D eigenvalue weighted by Gasteiger charge is 2.05. The SMILES string of the molecule is CC(/C=C/C#N)N=c1sc(-c2ccc(Cl)cc2)nn1C. The lowest BCUT2D eigenvalue weighted by molar-refractivity contribution is 0.708. The van der Waals surface area contributed by atoms with Crippen molar-refractivity contribution in [2.45, 2.75) is 13.0 Å². The number of aromatic nitrogens is 2. The average Bonchev–Trinajstić information content (AvgIpc) is 2.78. The van der Waals surface area contributed by atoms with Crippen LogP contribution < -0.4 is 4.80 Å². The number of aryl methyl sites for hydroxylation is 1. The van der Waals surface area contributed by atoms with Crippen LogP contribution in [0.4, 0.5) is 0 Å². The van der Waals surface area contributed by atoms with Gasteiger partial charge in [0.2, 0.25) is 4.80 Å². The maximum Gasteiger partial charge on any atom is 0.203 e. The molecule has 1 heterocycles. The van der Waals surface area contributed by atoms with Crippen molar-refractivity contribution in [3.05, 3.63) is 46.2 Å². The second kappa shape index (κ2) is 6.51.